The molecule has 0 radical (unpaired) electrons. The van der Waals surface area contributed by atoms with E-state index >= 15 is 0 Å². The van der Waals surface area contributed by atoms with E-state index in [2.05, 4.69) is 37.7 Å². The molecule has 0 aromatic heterocycles. The van der Waals surface area contributed by atoms with Crippen LogP contribution in [0.25, 0.3) is 0 Å². The highest BCUT2D eigenvalue weighted by atomic mass is 79.9. The number of benzene rings is 1. The second kappa shape index (κ2) is 7.15. The third-order valence-electron chi connectivity index (χ3n) is 4.91. The maximum atomic E-state index is 11.3. The zero-order valence-electron chi connectivity index (χ0n) is 13.4. The van der Waals surface area contributed by atoms with Crippen molar-refractivity contribution in [1.82, 2.24) is 9.80 Å². The van der Waals surface area contributed by atoms with Crippen LogP contribution in [0.2, 0.25) is 0 Å². The molecule has 1 atom stereocenters. The van der Waals surface area contributed by atoms with Crippen LogP contribution in [0.15, 0.2) is 22.7 Å². The van der Waals surface area contributed by atoms with Crippen LogP contribution < -0.4 is 4.90 Å². The van der Waals surface area contributed by atoms with Gasteiger partial charge in [-0.15, -0.1) is 0 Å². The predicted octanol–water partition coefficient (Wildman–Crippen LogP) is 2.57. The summed E-state index contributed by atoms with van der Waals surface area (Å²) in [4.78, 5) is 18.1. The van der Waals surface area contributed by atoms with Crippen molar-refractivity contribution in [3.63, 3.8) is 0 Å². The molecule has 0 aliphatic carbocycles. The van der Waals surface area contributed by atoms with Gasteiger partial charge in [-0.3, -0.25) is 15.0 Å². The zero-order valence-corrected chi connectivity index (χ0v) is 15.0. The van der Waals surface area contributed by atoms with Crippen LogP contribution in [0, 0.1) is 10.1 Å². The average Bonchev–Trinajstić information content (AvgIpc) is 2.55. The van der Waals surface area contributed by atoms with E-state index in [1.807, 2.05) is 12.1 Å². The van der Waals surface area contributed by atoms with Crippen molar-refractivity contribution >= 4 is 27.3 Å². The number of halogens is 1. The Labute approximate surface area is 145 Å². The summed E-state index contributed by atoms with van der Waals surface area (Å²) in [7, 11) is 2.19. The molecular formula is C16H23BrN4O2. The Kier molecular flexibility index (Phi) is 5.18. The van der Waals surface area contributed by atoms with E-state index in [4.69, 9.17) is 0 Å². The molecule has 0 bridgehead atoms. The first-order chi connectivity index (χ1) is 11.0. The Bertz CT molecular complexity index is 575. The van der Waals surface area contributed by atoms with Crippen molar-refractivity contribution in [2.75, 3.05) is 51.2 Å². The fourth-order valence-corrected chi connectivity index (χ4v) is 4.02. The molecule has 1 unspecified atom stereocenters. The summed E-state index contributed by atoms with van der Waals surface area (Å²) in [5.41, 5.74) is 0.920. The van der Waals surface area contributed by atoms with Crippen molar-refractivity contribution in [2.24, 2.45) is 0 Å². The molecule has 126 valence electrons. The van der Waals surface area contributed by atoms with Gasteiger partial charge < -0.3 is 9.80 Å². The third-order valence-corrected chi connectivity index (χ3v) is 5.40. The van der Waals surface area contributed by atoms with E-state index < -0.39 is 0 Å². The predicted molar refractivity (Wildman–Crippen MR) is 95.1 cm³/mol. The fourth-order valence-electron chi connectivity index (χ4n) is 3.68. The molecule has 6 nitrogen and oxygen atoms in total. The van der Waals surface area contributed by atoms with Crippen molar-refractivity contribution in [3.05, 3.63) is 32.8 Å². The quantitative estimate of drug-likeness (QED) is 0.593. The van der Waals surface area contributed by atoms with Crippen LogP contribution >= 0.6 is 15.9 Å². The van der Waals surface area contributed by atoms with Crippen LogP contribution in [0.4, 0.5) is 11.4 Å². The van der Waals surface area contributed by atoms with Crippen molar-refractivity contribution in [3.8, 4) is 0 Å². The van der Waals surface area contributed by atoms with E-state index in [0.29, 0.717) is 6.04 Å². The lowest BCUT2D eigenvalue weighted by molar-refractivity contribution is -0.384. The summed E-state index contributed by atoms with van der Waals surface area (Å²) in [5.74, 6) is 0. The third kappa shape index (κ3) is 3.84. The monoisotopic (exact) mass is 382 g/mol. The Morgan fingerprint density at radius 2 is 1.96 bits per heavy atom. The summed E-state index contributed by atoms with van der Waals surface area (Å²) in [6, 6.07) is 5.96. The normalized spacial score (nSPS) is 23.9. The van der Waals surface area contributed by atoms with Gasteiger partial charge in [0.05, 0.1) is 4.92 Å². The van der Waals surface area contributed by atoms with Crippen molar-refractivity contribution < 1.29 is 4.92 Å². The van der Waals surface area contributed by atoms with Crippen LogP contribution in [-0.4, -0.2) is 67.1 Å². The minimum Gasteiger partial charge on any atom is -0.363 e. The topological polar surface area (TPSA) is 52.9 Å². The SMILES string of the molecule is CN1CCCC(N2CCN(c3ccc(Br)cc3[N+](=O)[O-])CC2)C1. The largest absolute Gasteiger partial charge is 0.363 e. The van der Waals surface area contributed by atoms with Gasteiger partial charge >= 0.3 is 0 Å². The van der Waals surface area contributed by atoms with Gasteiger partial charge in [-0.2, -0.15) is 0 Å². The van der Waals surface area contributed by atoms with Gasteiger partial charge in [0.15, 0.2) is 0 Å². The molecule has 0 saturated carbocycles. The summed E-state index contributed by atoms with van der Waals surface area (Å²) < 4.78 is 0.747. The molecule has 0 spiro atoms. The standard InChI is InChI=1S/C16H23BrN4O2/c1-18-6-2-3-14(12-18)19-7-9-20(10-8-19)15-5-4-13(17)11-16(15)21(22)23/h4-5,11,14H,2-3,6-10,12H2,1H3. The molecule has 2 saturated heterocycles. The molecule has 2 aliphatic rings. The molecule has 7 heteroatoms. The van der Waals surface area contributed by atoms with Gasteiger partial charge in [-0.05, 0) is 38.6 Å². The first kappa shape index (κ1) is 16.7. The fraction of sp³-hybridized carbons (Fsp3) is 0.625. The maximum absolute atomic E-state index is 11.3. The first-order valence-electron chi connectivity index (χ1n) is 8.16. The Balaban J connectivity index is 1.66. The van der Waals surface area contributed by atoms with Gasteiger partial charge in [0.1, 0.15) is 5.69 Å². The van der Waals surface area contributed by atoms with Crippen LogP contribution in [-0.2, 0) is 0 Å². The van der Waals surface area contributed by atoms with E-state index in [0.717, 1.165) is 42.9 Å². The summed E-state index contributed by atoms with van der Waals surface area (Å²) >= 11 is 3.32. The number of piperazine rings is 1. The number of likely N-dealkylation sites (tertiary alicyclic amines) is 1. The van der Waals surface area contributed by atoms with E-state index in [9.17, 15) is 10.1 Å². The molecule has 1 aromatic rings. The van der Waals surface area contributed by atoms with Gasteiger partial charge in [0.25, 0.3) is 5.69 Å². The molecular weight excluding hydrogens is 360 g/mol. The molecule has 23 heavy (non-hydrogen) atoms. The van der Waals surface area contributed by atoms with Gasteiger partial charge in [0.2, 0.25) is 0 Å². The second-order valence-corrected chi connectivity index (χ2v) is 7.39. The van der Waals surface area contributed by atoms with Gasteiger partial charge in [-0.1, -0.05) is 15.9 Å². The highest BCUT2D eigenvalue weighted by Gasteiger charge is 2.29. The maximum Gasteiger partial charge on any atom is 0.293 e. The summed E-state index contributed by atoms with van der Waals surface area (Å²) in [5, 5.41) is 11.3. The van der Waals surface area contributed by atoms with Crippen LogP contribution in [0.3, 0.4) is 0 Å². The average molecular weight is 383 g/mol. The summed E-state index contributed by atoms with van der Waals surface area (Å²) in [6.45, 7) is 5.99. The molecule has 3 rings (SSSR count). The highest BCUT2D eigenvalue weighted by Crippen LogP contribution is 2.32. The smallest absolute Gasteiger partial charge is 0.293 e. The molecule has 0 amide bonds. The number of hydrogen-bond acceptors (Lipinski definition) is 5. The molecule has 0 N–H and O–H groups in total. The summed E-state index contributed by atoms with van der Waals surface area (Å²) in [6.07, 6.45) is 2.53. The van der Waals surface area contributed by atoms with Crippen molar-refractivity contribution in [2.45, 2.75) is 18.9 Å². The Hall–Kier alpha value is -1.18. The minimum absolute atomic E-state index is 0.185. The number of nitrogens with zero attached hydrogens (tertiary/aromatic N) is 4. The number of nitro groups is 1. The van der Waals surface area contributed by atoms with Crippen LogP contribution in [0.5, 0.6) is 0 Å². The first-order valence-corrected chi connectivity index (χ1v) is 8.95. The number of nitro benzene ring substituents is 1. The number of hydrogen-bond donors (Lipinski definition) is 0. The van der Waals surface area contributed by atoms with E-state index in [1.54, 1.807) is 6.07 Å². The van der Waals surface area contributed by atoms with Gasteiger partial charge in [0, 0.05) is 49.3 Å². The van der Waals surface area contributed by atoms with Gasteiger partial charge in [-0.25, -0.2) is 0 Å². The van der Waals surface area contributed by atoms with E-state index in [-0.39, 0.29) is 10.6 Å². The molecule has 2 heterocycles. The van der Waals surface area contributed by atoms with Crippen LogP contribution in [0.1, 0.15) is 12.8 Å². The van der Waals surface area contributed by atoms with Crippen molar-refractivity contribution in [1.29, 1.82) is 0 Å². The lowest BCUT2D eigenvalue weighted by Gasteiger charge is -2.43. The van der Waals surface area contributed by atoms with E-state index in [1.165, 1.54) is 19.4 Å². The molecule has 2 aliphatic heterocycles. The lowest BCUT2D eigenvalue weighted by atomic mass is 10.0. The number of rotatable bonds is 3. The Morgan fingerprint density at radius 3 is 2.61 bits per heavy atom. The Morgan fingerprint density at radius 1 is 1.22 bits per heavy atom. The number of piperidine rings is 1. The second-order valence-electron chi connectivity index (χ2n) is 6.47. The number of likely N-dealkylation sites (N-methyl/N-ethyl adjacent to an activating group) is 1. The number of anilines is 1. The highest BCUT2D eigenvalue weighted by molar-refractivity contribution is 9.10. The zero-order chi connectivity index (χ0) is 16.4. The minimum atomic E-state index is -0.289. The molecule has 1 aromatic carbocycles. The molecule has 2 fully saturated rings. The lowest BCUT2D eigenvalue weighted by Crippen LogP contribution is -2.54.